The molecule has 0 aliphatic heterocycles. The van der Waals surface area contributed by atoms with Gasteiger partial charge < -0.3 is 4.74 Å². The molecule has 0 saturated heterocycles. The zero-order valence-electron chi connectivity index (χ0n) is 10.1. The number of hydrogen-bond donors (Lipinski definition) is 1. The Bertz CT molecular complexity index is 350. The number of carbonyl (C=O) groups is 1. The lowest BCUT2D eigenvalue weighted by Crippen LogP contribution is -2.41. The number of methoxy groups -OCH3 is 1. The SMILES string of the molecule is COC(=O)[C@@H](NCc1scnc1C)C(C)C. The molecule has 0 radical (unpaired) electrons. The monoisotopic (exact) mass is 242 g/mol. The Morgan fingerprint density at radius 1 is 1.62 bits per heavy atom. The normalized spacial score (nSPS) is 12.8. The van der Waals surface area contributed by atoms with Crippen LogP contribution in [0.25, 0.3) is 0 Å². The fraction of sp³-hybridized carbons (Fsp3) is 0.636. The number of hydrogen-bond acceptors (Lipinski definition) is 5. The minimum absolute atomic E-state index is 0.209. The van der Waals surface area contributed by atoms with Crippen LogP contribution in [0.2, 0.25) is 0 Å². The molecule has 0 aliphatic rings. The molecule has 90 valence electrons. The van der Waals surface area contributed by atoms with Crippen LogP contribution in [0.1, 0.15) is 24.4 Å². The molecule has 0 saturated carbocycles. The summed E-state index contributed by atoms with van der Waals surface area (Å²) in [6.07, 6.45) is 0. The summed E-state index contributed by atoms with van der Waals surface area (Å²) in [6.45, 7) is 6.62. The molecular weight excluding hydrogens is 224 g/mol. The van der Waals surface area contributed by atoms with Gasteiger partial charge in [0.1, 0.15) is 6.04 Å². The summed E-state index contributed by atoms with van der Waals surface area (Å²) < 4.78 is 4.76. The summed E-state index contributed by atoms with van der Waals surface area (Å²) in [5.41, 5.74) is 2.83. The average molecular weight is 242 g/mol. The Balaban J connectivity index is 2.57. The number of esters is 1. The van der Waals surface area contributed by atoms with E-state index in [1.807, 2.05) is 26.3 Å². The van der Waals surface area contributed by atoms with Gasteiger partial charge in [-0.3, -0.25) is 10.1 Å². The first-order chi connectivity index (χ1) is 7.56. The van der Waals surface area contributed by atoms with Crippen molar-refractivity contribution in [2.45, 2.75) is 33.4 Å². The van der Waals surface area contributed by atoms with E-state index in [2.05, 4.69) is 10.3 Å². The molecule has 0 aromatic carbocycles. The highest BCUT2D eigenvalue weighted by atomic mass is 32.1. The number of thiazole rings is 1. The van der Waals surface area contributed by atoms with Gasteiger partial charge in [0.2, 0.25) is 0 Å². The van der Waals surface area contributed by atoms with Gasteiger partial charge in [-0.1, -0.05) is 13.8 Å². The first-order valence-electron chi connectivity index (χ1n) is 5.26. The van der Waals surface area contributed by atoms with Crippen LogP contribution in [0.15, 0.2) is 5.51 Å². The van der Waals surface area contributed by atoms with Gasteiger partial charge in [-0.25, -0.2) is 4.98 Å². The first-order valence-corrected chi connectivity index (χ1v) is 6.14. The predicted molar refractivity (Wildman–Crippen MR) is 64.3 cm³/mol. The topological polar surface area (TPSA) is 51.2 Å². The zero-order valence-corrected chi connectivity index (χ0v) is 10.9. The van der Waals surface area contributed by atoms with Crippen LogP contribution < -0.4 is 5.32 Å². The molecule has 1 N–H and O–H groups in total. The molecule has 0 bridgehead atoms. The summed E-state index contributed by atoms with van der Waals surface area (Å²) in [5, 5.41) is 3.21. The maximum Gasteiger partial charge on any atom is 0.323 e. The molecule has 1 aromatic rings. The fourth-order valence-electron chi connectivity index (χ4n) is 1.42. The molecule has 0 amide bonds. The molecule has 0 aliphatic carbocycles. The highest BCUT2D eigenvalue weighted by Gasteiger charge is 2.22. The third-order valence-electron chi connectivity index (χ3n) is 2.45. The lowest BCUT2D eigenvalue weighted by atomic mass is 10.0. The minimum Gasteiger partial charge on any atom is -0.468 e. The van der Waals surface area contributed by atoms with Gasteiger partial charge in [-0.15, -0.1) is 11.3 Å². The molecule has 0 spiro atoms. The maximum absolute atomic E-state index is 11.5. The van der Waals surface area contributed by atoms with Crippen LogP contribution >= 0.6 is 11.3 Å². The average Bonchev–Trinajstić information content (AvgIpc) is 2.64. The summed E-state index contributed by atoms with van der Waals surface area (Å²) in [6, 6.07) is -0.258. The van der Waals surface area contributed by atoms with Gasteiger partial charge in [0.25, 0.3) is 0 Å². The van der Waals surface area contributed by atoms with E-state index in [1.165, 1.54) is 7.11 Å². The van der Waals surface area contributed by atoms with Crippen molar-refractivity contribution < 1.29 is 9.53 Å². The lowest BCUT2D eigenvalue weighted by molar-refractivity contribution is -0.144. The second-order valence-corrected chi connectivity index (χ2v) is 4.93. The molecule has 1 aromatic heterocycles. The molecular formula is C11H18N2O2S. The molecule has 16 heavy (non-hydrogen) atoms. The lowest BCUT2D eigenvalue weighted by Gasteiger charge is -2.19. The standard InChI is InChI=1S/C11H18N2O2S/c1-7(2)10(11(14)15-4)12-5-9-8(3)13-6-16-9/h6-7,10,12H,5H2,1-4H3/t10-/m0/s1. The highest BCUT2D eigenvalue weighted by molar-refractivity contribution is 7.09. The van der Waals surface area contributed by atoms with Crippen molar-refractivity contribution in [2.75, 3.05) is 7.11 Å². The van der Waals surface area contributed by atoms with E-state index in [9.17, 15) is 4.79 Å². The molecule has 1 rings (SSSR count). The predicted octanol–water partition coefficient (Wildman–Crippen LogP) is 1.74. The van der Waals surface area contributed by atoms with E-state index in [1.54, 1.807) is 11.3 Å². The van der Waals surface area contributed by atoms with Gasteiger partial charge in [0.15, 0.2) is 0 Å². The Kier molecular flexibility index (Phi) is 4.89. The van der Waals surface area contributed by atoms with Crippen molar-refractivity contribution in [1.29, 1.82) is 0 Å². The molecule has 1 heterocycles. The van der Waals surface area contributed by atoms with E-state index >= 15 is 0 Å². The van der Waals surface area contributed by atoms with E-state index in [4.69, 9.17) is 4.74 Å². The van der Waals surface area contributed by atoms with Crippen LogP contribution in [0.4, 0.5) is 0 Å². The van der Waals surface area contributed by atoms with Crippen LogP contribution in [0, 0.1) is 12.8 Å². The number of aromatic nitrogens is 1. The van der Waals surface area contributed by atoms with Gasteiger partial charge in [-0.2, -0.15) is 0 Å². The van der Waals surface area contributed by atoms with Crippen molar-refractivity contribution in [1.82, 2.24) is 10.3 Å². The highest BCUT2D eigenvalue weighted by Crippen LogP contribution is 2.13. The smallest absolute Gasteiger partial charge is 0.323 e. The number of nitrogens with zero attached hydrogens (tertiary/aromatic N) is 1. The minimum atomic E-state index is -0.258. The van der Waals surface area contributed by atoms with Crippen molar-refractivity contribution in [2.24, 2.45) is 5.92 Å². The number of nitrogens with one attached hydrogen (secondary N) is 1. The van der Waals surface area contributed by atoms with Crippen molar-refractivity contribution in [3.8, 4) is 0 Å². The molecule has 0 fully saturated rings. The van der Waals surface area contributed by atoms with Crippen LogP contribution in [0.5, 0.6) is 0 Å². The largest absolute Gasteiger partial charge is 0.468 e. The van der Waals surface area contributed by atoms with Crippen LogP contribution in [-0.2, 0) is 16.1 Å². The molecule has 4 nitrogen and oxygen atoms in total. The third kappa shape index (κ3) is 3.28. The van der Waals surface area contributed by atoms with E-state index < -0.39 is 0 Å². The molecule has 1 atom stereocenters. The van der Waals surface area contributed by atoms with Crippen LogP contribution in [0.3, 0.4) is 0 Å². The van der Waals surface area contributed by atoms with E-state index in [-0.39, 0.29) is 17.9 Å². The second-order valence-electron chi connectivity index (χ2n) is 3.99. The van der Waals surface area contributed by atoms with Crippen LogP contribution in [-0.4, -0.2) is 24.1 Å². The first kappa shape index (κ1) is 13.1. The van der Waals surface area contributed by atoms with Gasteiger partial charge in [0.05, 0.1) is 18.3 Å². The maximum atomic E-state index is 11.5. The summed E-state index contributed by atoms with van der Waals surface area (Å²) in [4.78, 5) is 16.8. The summed E-state index contributed by atoms with van der Waals surface area (Å²) in [7, 11) is 1.41. The molecule has 5 heteroatoms. The quantitative estimate of drug-likeness (QED) is 0.799. The van der Waals surface area contributed by atoms with E-state index in [0.29, 0.717) is 6.54 Å². The van der Waals surface area contributed by atoms with Crippen molar-refractivity contribution in [3.63, 3.8) is 0 Å². The van der Waals surface area contributed by atoms with E-state index in [0.717, 1.165) is 10.6 Å². The van der Waals surface area contributed by atoms with Crippen molar-refractivity contribution >= 4 is 17.3 Å². The Hall–Kier alpha value is -0.940. The Morgan fingerprint density at radius 2 is 2.31 bits per heavy atom. The summed E-state index contributed by atoms with van der Waals surface area (Å²) in [5.74, 6) is -0.00199. The van der Waals surface area contributed by atoms with Gasteiger partial charge in [-0.05, 0) is 12.8 Å². The Morgan fingerprint density at radius 3 is 2.75 bits per heavy atom. The third-order valence-corrected chi connectivity index (χ3v) is 3.38. The Labute approximate surface area is 100 Å². The number of carbonyl (C=O) groups excluding carboxylic acids is 1. The van der Waals surface area contributed by atoms with Gasteiger partial charge >= 0.3 is 5.97 Å². The number of ether oxygens (including phenoxy) is 1. The van der Waals surface area contributed by atoms with Crippen molar-refractivity contribution in [3.05, 3.63) is 16.1 Å². The number of rotatable bonds is 5. The number of aryl methyl sites for hydroxylation is 1. The van der Waals surface area contributed by atoms with Gasteiger partial charge in [0, 0.05) is 11.4 Å². The fourth-order valence-corrected chi connectivity index (χ4v) is 2.14. The zero-order chi connectivity index (χ0) is 12.1. The molecule has 0 unspecified atom stereocenters. The second kappa shape index (κ2) is 5.96. The summed E-state index contributed by atoms with van der Waals surface area (Å²) >= 11 is 1.60.